The highest BCUT2D eigenvalue weighted by molar-refractivity contribution is 7.80. The number of nitrogens with one attached hydrogen (secondary N) is 3. The second kappa shape index (κ2) is 16.1. The van der Waals surface area contributed by atoms with Crippen LogP contribution in [0.2, 0.25) is 0 Å². The summed E-state index contributed by atoms with van der Waals surface area (Å²) in [5, 5.41) is 17.2. The molecular weight excluding hydrogens is 470 g/mol. The minimum atomic E-state index is -1.16. The average molecular weight is 510 g/mol. The Morgan fingerprint density at radius 2 is 1.57 bits per heavy atom. The van der Waals surface area contributed by atoms with E-state index >= 15 is 0 Å². The number of carboxylic acids is 1. The summed E-state index contributed by atoms with van der Waals surface area (Å²) >= 11 is 4.16. The Hall–Kier alpha value is -2.63. The molecule has 0 saturated carbocycles. The van der Waals surface area contributed by atoms with E-state index in [0.717, 1.165) is 12.0 Å². The fourth-order valence-corrected chi connectivity index (χ4v) is 3.64. The van der Waals surface area contributed by atoms with Crippen LogP contribution in [0.4, 0.5) is 0 Å². The van der Waals surface area contributed by atoms with E-state index < -0.39 is 47.9 Å². The van der Waals surface area contributed by atoms with Crippen molar-refractivity contribution in [2.75, 3.05) is 12.3 Å². The lowest BCUT2D eigenvalue weighted by atomic mass is 9.99. The molecule has 0 aliphatic carbocycles. The summed E-state index contributed by atoms with van der Waals surface area (Å²) in [4.78, 5) is 50.1. The Morgan fingerprint density at radius 1 is 0.971 bits per heavy atom. The molecule has 3 amide bonds. The molecule has 11 heteroatoms. The van der Waals surface area contributed by atoms with Gasteiger partial charge in [0, 0.05) is 12.2 Å². The van der Waals surface area contributed by atoms with Crippen LogP contribution in [0.15, 0.2) is 30.3 Å². The van der Waals surface area contributed by atoms with Gasteiger partial charge in [0.2, 0.25) is 17.7 Å². The van der Waals surface area contributed by atoms with E-state index in [0.29, 0.717) is 25.8 Å². The first-order chi connectivity index (χ1) is 16.6. The van der Waals surface area contributed by atoms with E-state index in [-0.39, 0.29) is 18.1 Å². The number of carbonyl (C=O) groups is 4. The number of amides is 3. The maximum Gasteiger partial charge on any atom is 0.326 e. The molecule has 5 unspecified atom stereocenters. The first-order valence-electron chi connectivity index (χ1n) is 11.9. The molecule has 0 aliphatic heterocycles. The number of nitrogens with two attached hydrogens (primary N) is 2. The van der Waals surface area contributed by atoms with Crippen LogP contribution in [-0.4, -0.2) is 65.3 Å². The minimum absolute atomic E-state index is 0.0605. The molecule has 1 aromatic carbocycles. The predicted octanol–water partition coefficient (Wildman–Crippen LogP) is 0.200. The second-order valence-corrected chi connectivity index (χ2v) is 8.96. The van der Waals surface area contributed by atoms with Crippen molar-refractivity contribution < 1.29 is 24.3 Å². The Bertz CT molecular complexity index is 826. The second-order valence-electron chi connectivity index (χ2n) is 8.60. The zero-order valence-electron chi connectivity index (χ0n) is 20.4. The SMILES string of the molecule is CCC(C)C(NC(=O)C(CS)NC(=O)C(Cc1ccccc1)NC(=O)C(N)CCCCN)C(=O)O. The van der Waals surface area contributed by atoms with Gasteiger partial charge in [0.1, 0.15) is 18.1 Å². The van der Waals surface area contributed by atoms with Gasteiger partial charge in [-0.15, -0.1) is 0 Å². The van der Waals surface area contributed by atoms with Crippen LogP contribution in [-0.2, 0) is 25.6 Å². The van der Waals surface area contributed by atoms with Crippen LogP contribution in [0, 0.1) is 5.92 Å². The van der Waals surface area contributed by atoms with Crippen LogP contribution in [0.3, 0.4) is 0 Å². The van der Waals surface area contributed by atoms with Crippen LogP contribution in [0.5, 0.6) is 0 Å². The Balaban J connectivity index is 2.96. The zero-order valence-corrected chi connectivity index (χ0v) is 21.3. The molecule has 5 atom stereocenters. The number of hydrogen-bond acceptors (Lipinski definition) is 7. The van der Waals surface area contributed by atoms with E-state index in [1.807, 2.05) is 37.3 Å². The largest absolute Gasteiger partial charge is 0.480 e. The van der Waals surface area contributed by atoms with Gasteiger partial charge in [0.05, 0.1) is 6.04 Å². The molecule has 0 bridgehead atoms. The van der Waals surface area contributed by atoms with Crippen molar-refractivity contribution in [3.63, 3.8) is 0 Å². The molecule has 0 aromatic heterocycles. The number of carboxylic acid groups (broad SMARTS) is 1. The quantitative estimate of drug-likeness (QED) is 0.123. The monoisotopic (exact) mass is 509 g/mol. The summed E-state index contributed by atoms with van der Waals surface area (Å²) in [7, 11) is 0. The van der Waals surface area contributed by atoms with E-state index in [9.17, 15) is 24.3 Å². The third kappa shape index (κ3) is 10.7. The molecule has 0 spiro atoms. The number of unbranched alkanes of at least 4 members (excludes halogenated alkanes) is 1. The van der Waals surface area contributed by atoms with Gasteiger partial charge in [-0.2, -0.15) is 12.6 Å². The Kier molecular flexibility index (Phi) is 14.0. The number of rotatable bonds is 16. The molecule has 0 radical (unpaired) electrons. The predicted molar refractivity (Wildman–Crippen MR) is 138 cm³/mol. The van der Waals surface area contributed by atoms with Gasteiger partial charge in [0.25, 0.3) is 0 Å². The molecule has 1 aromatic rings. The van der Waals surface area contributed by atoms with Crippen molar-refractivity contribution in [2.24, 2.45) is 17.4 Å². The fourth-order valence-electron chi connectivity index (χ4n) is 3.38. The van der Waals surface area contributed by atoms with Crippen molar-refractivity contribution >= 4 is 36.3 Å². The average Bonchev–Trinajstić information content (AvgIpc) is 2.84. The lowest BCUT2D eigenvalue weighted by molar-refractivity contribution is -0.143. The lowest BCUT2D eigenvalue weighted by Gasteiger charge is -2.26. The number of benzene rings is 1. The molecule has 0 aliphatic rings. The van der Waals surface area contributed by atoms with Crippen LogP contribution < -0.4 is 27.4 Å². The maximum atomic E-state index is 13.1. The number of carbonyl (C=O) groups excluding carboxylic acids is 3. The minimum Gasteiger partial charge on any atom is -0.480 e. The molecule has 1 rings (SSSR count). The normalized spacial score (nSPS) is 15.2. The van der Waals surface area contributed by atoms with Gasteiger partial charge in [0.15, 0.2) is 0 Å². The highest BCUT2D eigenvalue weighted by Crippen LogP contribution is 2.09. The first kappa shape index (κ1) is 30.4. The lowest BCUT2D eigenvalue weighted by Crippen LogP contribution is -2.58. The molecule has 10 nitrogen and oxygen atoms in total. The van der Waals surface area contributed by atoms with Crippen LogP contribution in [0.1, 0.15) is 45.1 Å². The number of aliphatic carboxylic acids is 1. The van der Waals surface area contributed by atoms with Crippen LogP contribution in [0.25, 0.3) is 0 Å². The summed E-state index contributed by atoms with van der Waals surface area (Å²) in [5.41, 5.74) is 12.3. The standard InChI is InChI=1S/C24H39N5O5S/c1-3-15(2)20(24(33)34)29-23(32)19(14-35)28-22(31)18(13-16-9-5-4-6-10-16)27-21(30)17(26)11-7-8-12-25/h4-6,9-10,15,17-20,35H,3,7-8,11-14,25-26H2,1-2H3,(H,27,30)(H,28,31)(H,29,32)(H,33,34). The third-order valence-electron chi connectivity index (χ3n) is 5.81. The zero-order chi connectivity index (χ0) is 26.4. The molecule has 8 N–H and O–H groups in total. The maximum absolute atomic E-state index is 13.1. The van der Waals surface area contributed by atoms with Crippen molar-refractivity contribution in [1.29, 1.82) is 0 Å². The molecule has 196 valence electrons. The number of hydrogen-bond donors (Lipinski definition) is 7. The molecule has 0 heterocycles. The van der Waals surface area contributed by atoms with Crippen molar-refractivity contribution in [2.45, 2.75) is 70.1 Å². The third-order valence-corrected chi connectivity index (χ3v) is 6.18. The summed E-state index contributed by atoms with van der Waals surface area (Å²) < 4.78 is 0. The van der Waals surface area contributed by atoms with Gasteiger partial charge in [-0.1, -0.05) is 57.0 Å². The van der Waals surface area contributed by atoms with Gasteiger partial charge in [-0.05, 0) is 30.9 Å². The van der Waals surface area contributed by atoms with E-state index in [1.165, 1.54) is 0 Å². The molecule has 35 heavy (non-hydrogen) atoms. The smallest absolute Gasteiger partial charge is 0.326 e. The van der Waals surface area contributed by atoms with Crippen LogP contribution >= 0.6 is 12.6 Å². The van der Waals surface area contributed by atoms with Gasteiger partial charge in [-0.3, -0.25) is 14.4 Å². The van der Waals surface area contributed by atoms with E-state index in [1.54, 1.807) is 6.92 Å². The van der Waals surface area contributed by atoms with Gasteiger partial charge in [-0.25, -0.2) is 4.79 Å². The summed E-state index contributed by atoms with van der Waals surface area (Å²) in [5.74, 6) is -3.26. The molecule has 0 fully saturated rings. The summed E-state index contributed by atoms with van der Waals surface area (Å²) in [6.07, 6.45) is 2.58. The summed E-state index contributed by atoms with van der Waals surface area (Å²) in [6.45, 7) is 4.04. The molecular formula is C24H39N5O5S. The van der Waals surface area contributed by atoms with Crippen molar-refractivity contribution in [1.82, 2.24) is 16.0 Å². The van der Waals surface area contributed by atoms with E-state index in [4.69, 9.17) is 11.5 Å². The topological polar surface area (TPSA) is 177 Å². The highest BCUT2D eigenvalue weighted by Gasteiger charge is 2.31. The van der Waals surface area contributed by atoms with Crippen molar-refractivity contribution in [3.05, 3.63) is 35.9 Å². The molecule has 0 saturated heterocycles. The van der Waals surface area contributed by atoms with E-state index in [2.05, 4.69) is 28.6 Å². The van der Waals surface area contributed by atoms with Crippen molar-refractivity contribution in [3.8, 4) is 0 Å². The Morgan fingerprint density at radius 3 is 2.11 bits per heavy atom. The first-order valence-corrected chi connectivity index (χ1v) is 12.5. The van der Waals surface area contributed by atoms with Gasteiger partial charge < -0.3 is 32.5 Å². The summed E-state index contributed by atoms with van der Waals surface area (Å²) in [6, 6.07) is 5.12. The number of thiol groups is 1. The fraction of sp³-hybridized carbons (Fsp3) is 0.583. The van der Waals surface area contributed by atoms with Gasteiger partial charge >= 0.3 is 5.97 Å². The highest BCUT2D eigenvalue weighted by atomic mass is 32.1. The Labute approximate surface area is 212 Å².